The van der Waals surface area contributed by atoms with E-state index in [4.69, 9.17) is 17.3 Å². The number of aromatic nitrogens is 9. The molecule has 2 atom stereocenters. The van der Waals surface area contributed by atoms with Crippen molar-refractivity contribution in [3.63, 3.8) is 0 Å². The predicted octanol–water partition coefficient (Wildman–Crippen LogP) is 3.67. The summed E-state index contributed by atoms with van der Waals surface area (Å²) in [4.78, 5) is 27.1. The molecule has 3 N–H and O–H groups in total. The Hall–Kier alpha value is -4.98. The van der Waals surface area contributed by atoms with Crippen LogP contribution in [0.1, 0.15) is 36.7 Å². The highest BCUT2D eigenvalue weighted by molar-refractivity contribution is 6.31. The van der Waals surface area contributed by atoms with Gasteiger partial charge < -0.3 is 15.6 Å². The zero-order valence-corrected chi connectivity index (χ0v) is 21.9. The Morgan fingerprint density at radius 3 is 2.76 bits per heavy atom. The molecule has 0 unspecified atom stereocenters. The van der Waals surface area contributed by atoms with E-state index in [9.17, 15) is 4.79 Å². The fourth-order valence-electron chi connectivity index (χ4n) is 5.62. The van der Waals surface area contributed by atoms with E-state index in [2.05, 4.69) is 35.6 Å². The molecule has 0 aliphatic carbocycles. The molecular weight excluding hydrogens is 556 g/mol. The van der Waals surface area contributed by atoms with Crippen LogP contribution in [-0.4, -0.2) is 61.8 Å². The number of pyridine rings is 1. The number of amides is 1. The minimum Gasteiger partial charge on any atom is -0.384 e. The molecule has 1 saturated heterocycles. The average Bonchev–Trinajstić information content (AvgIpc) is 3.77. The van der Waals surface area contributed by atoms with E-state index in [-0.39, 0.29) is 45.8 Å². The minimum atomic E-state index is -0.645. The first-order valence-electron chi connectivity index (χ1n) is 12.7. The van der Waals surface area contributed by atoms with Crippen molar-refractivity contribution in [1.82, 2.24) is 49.8 Å². The van der Waals surface area contributed by atoms with Gasteiger partial charge in [0.05, 0.1) is 28.6 Å². The maximum absolute atomic E-state index is 15.5. The lowest BCUT2D eigenvalue weighted by atomic mass is 9.92. The number of carbonyl (C=O) groups excluding carboxylic acids is 1. The summed E-state index contributed by atoms with van der Waals surface area (Å²) in [5.41, 5.74) is 7.51. The number of nitrogen functional groups attached to an aromatic ring is 1. The van der Waals surface area contributed by atoms with Gasteiger partial charge in [0.15, 0.2) is 17.5 Å². The molecule has 206 valence electrons. The first kappa shape index (κ1) is 25.0. The van der Waals surface area contributed by atoms with Crippen molar-refractivity contribution in [1.29, 1.82) is 0 Å². The summed E-state index contributed by atoms with van der Waals surface area (Å²) in [6, 6.07) is 5.52. The number of H-pyrrole nitrogens is 1. The summed E-state index contributed by atoms with van der Waals surface area (Å²) in [5.74, 6) is -0.847. The second kappa shape index (κ2) is 9.59. The van der Waals surface area contributed by atoms with Crippen LogP contribution >= 0.6 is 11.6 Å². The molecule has 2 aliphatic heterocycles. The van der Waals surface area contributed by atoms with Gasteiger partial charge >= 0.3 is 0 Å². The smallest absolute Gasteiger partial charge is 0.247 e. The number of aromatic amines is 1. The zero-order chi connectivity index (χ0) is 28.2. The van der Waals surface area contributed by atoms with Crippen LogP contribution in [0.4, 0.5) is 14.6 Å². The molecule has 6 heterocycles. The Morgan fingerprint density at radius 1 is 1.10 bits per heavy atom. The molecular formula is C26H20ClF2N11O. The summed E-state index contributed by atoms with van der Waals surface area (Å²) in [6.45, 7) is 0. The van der Waals surface area contributed by atoms with E-state index in [1.807, 2.05) is 0 Å². The van der Waals surface area contributed by atoms with Gasteiger partial charge in [0.2, 0.25) is 5.91 Å². The Balaban J connectivity index is 1.20. The number of hydrogen-bond acceptors (Lipinski definition) is 8. The minimum absolute atomic E-state index is 0.0475. The molecule has 1 fully saturated rings. The number of fused-ring (bicyclic) bond motifs is 1. The fraction of sp³-hybridized carbons (Fsp3) is 0.192. The summed E-state index contributed by atoms with van der Waals surface area (Å²) in [7, 11) is 0. The average molecular weight is 576 g/mol. The van der Waals surface area contributed by atoms with E-state index < -0.39 is 11.6 Å². The van der Waals surface area contributed by atoms with Crippen molar-refractivity contribution in [3.8, 4) is 22.8 Å². The van der Waals surface area contributed by atoms with E-state index in [0.29, 0.717) is 42.0 Å². The number of imidazole rings is 1. The first-order chi connectivity index (χ1) is 19.9. The lowest BCUT2D eigenvalue weighted by Gasteiger charge is -2.33. The number of anilines is 1. The van der Waals surface area contributed by atoms with Gasteiger partial charge in [-0.2, -0.15) is 14.5 Å². The number of benzene rings is 1. The highest BCUT2D eigenvalue weighted by Gasteiger charge is 2.42. The molecule has 5 aromatic rings. The van der Waals surface area contributed by atoms with E-state index >= 15 is 8.78 Å². The Morgan fingerprint density at radius 2 is 1.98 bits per heavy atom. The third kappa shape index (κ3) is 4.06. The highest BCUT2D eigenvalue weighted by Crippen LogP contribution is 2.44. The van der Waals surface area contributed by atoms with Gasteiger partial charge in [0.25, 0.3) is 0 Å². The molecule has 41 heavy (non-hydrogen) atoms. The first-order valence-corrected chi connectivity index (χ1v) is 13.0. The van der Waals surface area contributed by atoms with Crippen LogP contribution in [0.2, 0.25) is 5.02 Å². The highest BCUT2D eigenvalue weighted by atomic mass is 35.5. The van der Waals surface area contributed by atoms with E-state index in [1.165, 1.54) is 46.3 Å². The van der Waals surface area contributed by atoms with Crippen LogP contribution in [0.15, 0.2) is 55.3 Å². The number of nitrogens with two attached hydrogens (primary N) is 1. The van der Waals surface area contributed by atoms with Gasteiger partial charge in [-0.3, -0.25) is 4.79 Å². The molecule has 2 aliphatic rings. The standard InChI is InChI=1S/C26H20ClF2N11O/c27-16-2-4-18(38-12-33-36-37-38)22(24(16)29)13-9-14-1-3-19(39(14)21(41)10-13)25-32-11-17(35-25)15-5-7-31-26(23(15)28)40-20(30)6-8-34-40/h2,4-8,10-12,14,19H,1,3,9,30H2,(H,32,35)/t14-,19+/m1/s1. The quantitative estimate of drug-likeness (QED) is 0.322. The zero-order valence-electron chi connectivity index (χ0n) is 21.1. The van der Waals surface area contributed by atoms with Crippen LogP contribution in [-0.2, 0) is 4.79 Å². The van der Waals surface area contributed by atoms with Crippen molar-refractivity contribution in [2.45, 2.75) is 31.3 Å². The van der Waals surface area contributed by atoms with Crippen LogP contribution in [0, 0.1) is 11.6 Å². The van der Waals surface area contributed by atoms with Gasteiger partial charge in [-0.1, -0.05) is 11.6 Å². The topological polar surface area (TPSA) is 149 Å². The van der Waals surface area contributed by atoms with Gasteiger partial charge in [-0.15, -0.1) is 5.10 Å². The lowest BCUT2D eigenvalue weighted by Crippen LogP contribution is -2.39. The van der Waals surface area contributed by atoms with E-state index in [1.54, 1.807) is 23.2 Å². The second-order valence-electron chi connectivity index (χ2n) is 9.71. The van der Waals surface area contributed by atoms with Crippen LogP contribution < -0.4 is 5.73 Å². The molecule has 15 heteroatoms. The maximum Gasteiger partial charge on any atom is 0.247 e. The summed E-state index contributed by atoms with van der Waals surface area (Å²) < 4.78 is 33.3. The van der Waals surface area contributed by atoms with Gasteiger partial charge in [0, 0.05) is 41.7 Å². The molecule has 0 bridgehead atoms. The SMILES string of the molecule is Nc1ccnn1-c1nccc(-c2c[nH]c([C@@H]3CC[C@@H]4CC(c5c(-n6cnnn6)ccc(Cl)c5F)=CC(=O)N43)n2)c1F. The monoisotopic (exact) mass is 575 g/mol. The molecule has 12 nitrogen and oxygen atoms in total. The predicted molar refractivity (Wildman–Crippen MR) is 143 cm³/mol. The Kier molecular flexibility index (Phi) is 5.85. The van der Waals surface area contributed by atoms with Gasteiger partial charge in [-0.25, -0.2) is 18.7 Å². The third-order valence-corrected chi connectivity index (χ3v) is 7.72. The summed E-state index contributed by atoms with van der Waals surface area (Å²) in [6.07, 6.45) is 8.95. The molecule has 1 aromatic carbocycles. The second-order valence-corrected chi connectivity index (χ2v) is 10.1. The molecule has 7 rings (SSSR count). The maximum atomic E-state index is 15.5. The fourth-order valence-corrected chi connectivity index (χ4v) is 5.78. The number of halogens is 3. The number of carbonyl (C=O) groups is 1. The Labute approximate surface area is 235 Å². The molecule has 4 aromatic heterocycles. The third-order valence-electron chi connectivity index (χ3n) is 7.43. The van der Waals surface area contributed by atoms with Crippen molar-refractivity contribution in [2.75, 3.05) is 5.73 Å². The van der Waals surface area contributed by atoms with Crippen LogP contribution in [0.3, 0.4) is 0 Å². The van der Waals surface area contributed by atoms with Gasteiger partial charge in [-0.05, 0) is 53.5 Å². The van der Waals surface area contributed by atoms with Crippen molar-refractivity contribution >= 4 is 28.9 Å². The Bertz CT molecular complexity index is 1830. The number of tetrazole rings is 1. The summed E-state index contributed by atoms with van der Waals surface area (Å²) in [5, 5.41) is 15.1. The molecule has 0 radical (unpaired) electrons. The van der Waals surface area contributed by atoms with Crippen LogP contribution in [0.25, 0.3) is 28.3 Å². The normalized spacial score (nSPS) is 18.6. The molecule has 0 spiro atoms. The van der Waals surface area contributed by atoms with Crippen molar-refractivity contribution in [3.05, 3.63) is 83.3 Å². The van der Waals surface area contributed by atoms with E-state index in [0.717, 1.165) is 0 Å². The van der Waals surface area contributed by atoms with Crippen molar-refractivity contribution < 1.29 is 13.6 Å². The summed E-state index contributed by atoms with van der Waals surface area (Å²) >= 11 is 6.12. The largest absolute Gasteiger partial charge is 0.384 e. The number of nitrogens with one attached hydrogen (secondary N) is 1. The van der Waals surface area contributed by atoms with Crippen LogP contribution in [0.5, 0.6) is 0 Å². The number of rotatable bonds is 5. The number of nitrogens with zero attached hydrogens (tertiary/aromatic N) is 9. The molecule has 0 saturated carbocycles. The number of hydrogen-bond donors (Lipinski definition) is 2. The molecule has 1 amide bonds. The van der Waals surface area contributed by atoms with Gasteiger partial charge in [0.1, 0.15) is 18.0 Å². The lowest BCUT2D eigenvalue weighted by molar-refractivity contribution is -0.129. The van der Waals surface area contributed by atoms with Crippen molar-refractivity contribution in [2.24, 2.45) is 0 Å².